The van der Waals surface area contributed by atoms with E-state index < -0.39 is 0 Å². The second-order valence-electron chi connectivity index (χ2n) is 3.54. The van der Waals surface area contributed by atoms with Crippen LogP contribution in [0.4, 0.5) is 4.39 Å². The molecule has 86 valence electrons. The predicted octanol–water partition coefficient (Wildman–Crippen LogP) is 5.22. The molecule has 0 aliphatic heterocycles. The fourth-order valence-corrected chi connectivity index (χ4v) is 2.07. The summed E-state index contributed by atoms with van der Waals surface area (Å²) in [4.78, 5) is 0. The van der Waals surface area contributed by atoms with Crippen molar-refractivity contribution in [3.63, 3.8) is 0 Å². The molecular weight excluding hydrogens is 303 g/mol. The zero-order valence-corrected chi connectivity index (χ0v) is 11.2. The molecule has 0 amide bonds. The Morgan fingerprint density at radius 1 is 0.941 bits per heavy atom. The Labute approximate surface area is 113 Å². The summed E-state index contributed by atoms with van der Waals surface area (Å²) in [6, 6.07) is 14.1. The van der Waals surface area contributed by atoms with Crippen LogP contribution in [0, 0.1) is 5.82 Å². The molecular formula is C14H9BrClF. The minimum atomic E-state index is -0.251. The summed E-state index contributed by atoms with van der Waals surface area (Å²) >= 11 is 9.23. The highest BCUT2D eigenvalue weighted by molar-refractivity contribution is 9.10. The number of benzene rings is 2. The normalized spacial score (nSPS) is 11.6. The van der Waals surface area contributed by atoms with Crippen molar-refractivity contribution < 1.29 is 4.39 Å². The monoisotopic (exact) mass is 310 g/mol. The average molecular weight is 312 g/mol. The van der Waals surface area contributed by atoms with E-state index in [2.05, 4.69) is 15.9 Å². The second kappa shape index (κ2) is 5.48. The smallest absolute Gasteiger partial charge is 0.123 e. The molecule has 0 aliphatic carbocycles. The molecule has 0 heterocycles. The third-order valence-electron chi connectivity index (χ3n) is 2.42. The topological polar surface area (TPSA) is 0 Å². The van der Waals surface area contributed by atoms with Crippen LogP contribution in [0.3, 0.4) is 0 Å². The zero-order chi connectivity index (χ0) is 12.3. The zero-order valence-electron chi connectivity index (χ0n) is 8.83. The van der Waals surface area contributed by atoms with Crippen molar-refractivity contribution in [2.24, 2.45) is 0 Å². The minimum Gasteiger partial charge on any atom is -0.207 e. The molecule has 0 fully saturated rings. The first kappa shape index (κ1) is 12.3. The molecule has 0 saturated carbocycles. The van der Waals surface area contributed by atoms with E-state index in [9.17, 15) is 4.39 Å². The van der Waals surface area contributed by atoms with Crippen LogP contribution in [0.1, 0.15) is 11.1 Å². The summed E-state index contributed by atoms with van der Waals surface area (Å²) in [6.07, 6.45) is 0. The number of rotatable bonds is 2. The molecule has 0 unspecified atom stereocenters. The molecule has 0 aromatic heterocycles. The predicted molar refractivity (Wildman–Crippen MR) is 73.5 cm³/mol. The summed E-state index contributed by atoms with van der Waals surface area (Å²) in [5.74, 6) is -0.251. The summed E-state index contributed by atoms with van der Waals surface area (Å²) in [5, 5.41) is 0. The highest BCUT2D eigenvalue weighted by atomic mass is 79.9. The number of halogens is 3. The lowest BCUT2D eigenvalue weighted by Crippen LogP contribution is -1.87. The Balaban J connectivity index is 2.41. The van der Waals surface area contributed by atoms with Crippen LogP contribution in [0.15, 0.2) is 58.5 Å². The Morgan fingerprint density at radius 3 is 1.88 bits per heavy atom. The van der Waals surface area contributed by atoms with Gasteiger partial charge < -0.3 is 0 Å². The van der Waals surface area contributed by atoms with Gasteiger partial charge in [0.2, 0.25) is 0 Å². The van der Waals surface area contributed by atoms with E-state index in [0.717, 1.165) is 21.2 Å². The number of hydrogen-bond acceptors (Lipinski definition) is 0. The van der Waals surface area contributed by atoms with Gasteiger partial charge in [-0.1, -0.05) is 51.8 Å². The van der Waals surface area contributed by atoms with Gasteiger partial charge in [-0.05, 0) is 35.4 Å². The lowest BCUT2D eigenvalue weighted by atomic mass is 10.00. The summed E-state index contributed by atoms with van der Waals surface area (Å²) < 4.78 is 13.9. The summed E-state index contributed by atoms with van der Waals surface area (Å²) in [5.41, 5.74) is 4.27. The summed E-state index contributed by atoms with van der Waals surface area (Å²) in [7, 11) is 0. The maximum atomic E-state index is 12.9. The molecule has 2 aromatic rings. The van der Waals surface area contributed by atoms with Gasteiger partial charge in [-0.25, -0.2) is 4.39 Å². The van der Waals surface area contributed by atoms with Crippen molar-refractivity contribution in [1.29, 1.82) is 0 Å². The Hall–Kier alpha value is -1.12. The van der Waals surface area contributed by atoms with E-state index >= 15 is 0 Å². The van der Waals surface area contributed by atoms with Crippen molar-refractivity contribution in [3.8, 4) is 0 Å². The van der Waals surface area contributed by atoms with Gasteiger partial charge in [0.1, 0.15) is 5.82 Å². The second-order valence-corrected chi connectivity index (χ2v) is 4.67. The summed E-state index contributed by atoms with van der Waals surface area (Å²) in [6.45, 7) is 0. The highest BCUT2D eigenvalue weighted by Crippen LogP contribution is 2.25. The molecule has 0 aliphatic rings. The minimum absolute atomic E-state index is 0.251. The molecule has 17 heavy (non-hydrogen) atoms. The molecule has 0 radical (unpaired) electrons. The maximum Gasteiger partial charge on any atom is 0.123 e. The van der Waals surface area contributed by atoms with Crippen LogP contribution in [-0.4, -0.2) is 0 Å². The van der Waals surface area contributed by atoms with E-state index in [4.69, 9.17) is 11.6 Å². The van der Waals surface area contributed by atoms with Crippen LogP contribution in [0.2, 0.25) is 0 Å². The molecule has 0 nitrogen and oxygen atoms in total. The largest absolute Gasteiger partial charge is 0.207 e. The lowest BCUT2D eigenvalue weighted by Gasteiger charge is -2.07. The Bertz CT molecular complexity index is 482. The van der Waals surface area contributed by atoms with E-state index in [1.54, 1.807) is 12.1 Å². The average Bonchev–Trinajstić information content (AvgIpc) is 2.35. The van der Waals surface area contributed by atoms with Gasteiger partial charge >= 0.3 is 0 Å². The SMILES string of the molecule is Fc1ccc(C(=CCl)c2ccc(Br)cc2)cc1. The van der Waals surface area contributed by atoms with Gasteiger partial charge in [0.25, 0.3) is 0 Å². The van der Waals surface area contributed by atoms with Crippen molar-refractivity contribution in [2.45, 2.75) is 0 Å². The van der Waals surface area contributed by atoms with Crippen LogP contribution in [-0.2, 0) is 0 Å². The van der Waals surface area contributed by atoms with Crippen molar-refractivity contribution in [2.75, 3.05) is 0 Å². The third-order valence-corrected chi connectivity index (χ3v) is 3.17. The quantitative estimate of drug-likeness (QED) is 0.713. The third kappa shape index (κ3) is 2.96. The van der Waals surface area contributed by atoms with E-state index in [1.807, 2.05) is 24.3 Å². The Morgan fingerprint density at radius 2 is 1.41 bits per heavy atom. The van der Waals surface area contributed by atoms with Crippen molar-refractivity contribution >= 4 is 33.1 Å². The van der Waals surface area contributed by atoms with Crippen LogP contribution < -0.4 is 0 Å². The molecule has 0 N–H and O–H groups in total. The fraction of sp³-hybridized carbons (Fsp3) is 0. The molecule has 0 saturated heterocycles. The maximum absolute atomic E-state index is 12.9. The standard InChI is InChI=1S/C14H9BrClF/c15-12-5-1-10(2-6-12)14(9-16)11-3-7-13(17)8-4-11/h1-9H. The van der Waals surface area contributed by atoms with Gasteiger partial charge in [-0.15, -0.1) is 0 Å². The molecule has 2 aromatic carbocycles. The molecule has 0 atom stereocenters. The van der Waals surface area contributed by atoms with Crippen molar-refractivity contribution in [3.05, 3.63) is 75.5 Å². The van der Waals surface area contributed by atoms with E-state index in [0.29, 0.717) is 0 Å². The first-order chi connectivity index (χ1) is 8.20. The lowest BCUT2D eigenvalue weighted by molar-refractivity contribution is 0.627. The van der Waals surface area contributed by atoms with Crippen LogP contribution >= 0.6 is 27.5 Å². The van der Waals surface area contributed by atoms with E-state index in [1.165, 1.54) is 17.7 Å². The molecule has 2 rings (SSSR count). The van der Waals surface area contributed by atoms with Gasteiger partial charge in [-0.2, -0.15) is 0 Å². The first-order valence-corrected chi connectivity index (χ1v) is 6.26. The highest BCUT2D eigenvalue weighted by Gasteiger charge is 2.04. The Kier molecular flexibility index (Phi) is 3.97. The van der Waals surface area contributed by atoms with Gasteiger partial charge in [-0.3, -0.25) is 0 Å². The molecule has 0 spiro atoms. The van der Waals surface area contributed by atoms with Gasteiger partial charge in [0, 0.05) is 15.6 Å². The number of hydrogen-bond donors (Lipinski definition) is 0. The van der Waals surface area contributed by atoms with Crippen LogP contribution in [0.25, 0.3) is 5.57 Å². The van der Waals surface area contributed by atoms with Gasteiger partial charge in [0.05, 0.1) is 0 Å². The molecule has 3 heteroatoms. The fourth-order valence-electron chi connectivity index (χ4n) is 1.55. The molecule has 0 bridgehead atoms. The van der Waals surface area contributed by atoms with Crippen molar-refractivity contribution in [1.82, 2.24) is 0 Å². The van der Waals surface area contributed by atoms with Crippen LogP contribution in [0.5, 0.6) is 0 Å². The first-order valence-electron chi connectivity index (χ1n) is 5.03. The van der Waals surface area contributed by atoms with Gasteiger partial charge in [0.15, 0.2) is 0 Å². The van der Waals surface area contributed by atoms with E-state index in [-0.39, 0.29) is 5.82 Å².